The third-order valence-electron chi connectivity index (χ3n) is 6.55. The zero-order valence-electron chi connectivity index (χ0n) is 19.2. The highest BCUT2D eigenvalue weighted by Gasteiger charge is 2.30. The molecule has 0 aliphatic heterocycles. The summed E-state index contributed by atoms with van der Waals surface area (Å²) in [7, 11) is 0. The topological polar surface area (TPSA) is 49.0 Å². The van der Waals surface area contributed by atoms with E-state index in [1.165, 1.54) is 36.1 Å². The summed E-state index contributed by atoms with van der Waals surface area (Å²) in [5.41, 5.74) is 5.95. The van der Waals surface area contributed by atoms with Gasteiger partial charge in [-0.1, -0.05) is 18.2 Å². The van der Waals surface area contributed by atoms with Gasteiger partial charge in [0.2, 0.25) is 0 Å². The van der Waals surface area contributed by atoms with Crippen molar-refractivity contribution in [3.63, 3.8) is 0 Å². The van der Waals surface area contributed by atoms with Crippen molar-refractivity contribution >= 4 is 28.1 Å². The highest BCUT2D eigenvalue weighted by molar-refractivity contribution is 7.15. The molecule has 0 radical (unpaired) electrons. The number of H-pyrrole nitrogens is 1. The van der Waals surface area contributed by atoms with Crippen LogP contribution in [0, 0.1) is 32.5 Å². The molecule has 1 aliphatic rings. The Morgan fingerprint density at radius 3 is 2.73 bits per heavy atom. The molecule has 33 heavy (non-hydrogen) atoms. The number of benzene rings is 2. The van der Waals surface area contributed by atoms with Crippen LogP contribution in [0.2, 0.25) is 0 Å². The molecular formula is C27H28FN3OS. The van der Waals surface area contributed by atoms with Crippen molar-refractivity contribution in [3.05, 3.63) is 75.8 Å². The Hall–Kier alpha value is -2.99. The number of carbonyl (C=O) groups is 1. The molecule has 1 amide bonds. The lowest BCUT2D eigenvalue weighted by Gasteiger charge is -2.22. The fraction of sp³-hybridized carbons (Fsp3) is 0.333. The second kappa shape index (κ2) is 8.75. The molecule has 5 rings (SSSR count). The number of rotatable bonds is 7. The van der Waals surface area contributed by atoms with Crippen LogP contribution in [-0.2, 0) is 6.42 Å². The minimum Gasteiger partial charge on any atom is -0.361 e. The van der Waals surface area contributed by atoms with Crippen LogP contribution in [-0.4, -0.2) is 33.9 Å². The molecule has 4 nitrogen and oxygen atoms in total. The van der Waals surface area contributed by atoms with Crippen molar-refractivity contribution in [2.75, 3.05) is 13.1 Å². The van der Waals surface area contributed by atoms with Crippen molar-refractivity contribution in [3.8, 4) is 10.4 Å². The first-order valence-corrected chi connectivity index (χ1v) is 12.3. The van der Waals surface area contributed by atoms with Gasteiger partial charge in [0.05, 0.1) is 9.88 Å². The van der Waals surface area contributed by atoms with Crippen LogP contribution in [0.15, 0.2) is 42.6 Å². The quantitative estimate of drug-likeness (QED) is 0.344. The summed E-state index contributed by atoms with van der Waals surface area (Å²) in [4.78, 5) is 24.5. The Bertz CT molecular complexity index is 1330. The molecule has 1 fully saturated rings. The molecule has 2 heterocycles. The number of aromatic amines is 1. The average molecular weight is 462 g/mol. The lowest BCUT2D eigenvalue weighted by Crippen LogP contribution is -2.35. The van der Waals surface area contributed by atoms with E-state index < -0.39 is 0 Å². The van der Waals surface area contributed by atoms with Gasteiger partial charge in [0.15, 0.2) is 0 Å². The number of aromatic nitrogens is 2. The molecule has 2 aromatic heterocycles. The monoisotopic (exact) mass is 461 g/mol. The number of thiazole rings is 1. The van der Waals surface area contributed by atoms with Crippen molar-refractivity contribution in [2.24, 2.45) is 5.92 Å². The zero-order chi connectivity index (χ0) is 23.1. The maximum atomic E-state index is 13.7. The summed E-state index contributed by atoms with van der Waals surface area (Å²) < 4.78 is 13.6. The van der Waals surface area contributed by atoms with Crippen LogP contribution < -0.4 is 0 Å². The third kappa shape index (κ3) is 4.58. The van der Waals surface area contributed by atoms with E-state index in [-0.39, 0.29) is 11.7 Å². The maximum Gasteiger partial charge on any atom is 0.274 e. The zero-order valence-corrected chi connectivity index (χ0v) is 20.1. The SMILES string of the molecule is Cc1nc(C(=O)N(CCc2c[nH]c3cc(F)ccc23)CC2CC2)c(-c2ccc(C)c(C)c2)s1. The Labute approximate surface area is 197 Å². The third-order valence-corrected chi connectivity index (χ3v) is 7.57. The second-order valence-corrected chi connectivity index (χ2v) is 10.4. The molecule has 0 unspecified atom stereocenters. The summed E-state index contributed by atoms with van der Waals surface area (Å²) >= 11 is 1.58. The number of halogens is 1. The first kappa shape index (κ1) is 21.8. The predicted molar refractivity (Wildman–Crippen MR) is 132 cm³/mol. The molecule has 0 spiro atoms. The minimum atomic E-state index is -0.251. The van der Waals surface area contributed by atoms with E-state index in [2.05, 4.69) is 42.0 Å². The van der Waals surface area contributed by atoms with Crippen LogP contribution in [0.25, 0.3) is 21.3 Å². The maximum absolute atomic E-state index is 13.7. The molecule has 1 saturated carbocycles. The van der Waals surface area contributed by atoms with Gasteiger partial charge in [-0.25, -0.2) is 9.37 Å². The van der Waals surface area contributed by atoms with Gasteiger partial charge in [0.1, 0.15) is 11.5 Å². The van der Waals surface area contributed by atoms with Crippen LogP contribution >= 0.6 is 11.3 Å². The Kier molecular flexibility index (Phi) is 5.79. The van der Waals surface area contributed by atoms with Crippen LogP contribution in [0.5, 0.6) is 0 Å². The summed E-state index contributed by atoms with van der Waals surface area (Å²) in [5, 5.41) is 1.91. The number of nitrogens with zero attached hydrogens (tertiary/aromatic N) is 2. The smallest absolute Gasteiger partial charge is 0.274 e. The number of hydrogen-bond donors (Lipinski definition) is 1. The van der Waals surface area contributed by atoms with Crippen molar-refractivity contribution < 1.29 is 9.18 Å². The van der Waals surface area contributed by atoms with E-state index in [1.54, 1.807) is 11.3 Å². The molecular weight excluding hydrogens is 433 g/mol. The molecule has 170 valence electrons. The van der Waals surface area contributed by atoms with Gasteiger partial charge in [-0.2, -0.15) is 0 Å². The van der Waals surface area contributed by atoms with Gasteiger partial charge < -0.3 is 9.88 Å². The number of carbonyl (C=O) groups excluding carboxylic acids is 1. The molecule has 0 atom stereocenters. The van der Waals surface area contributed by atoms with Crippen LogP contribution in [0.4, 0.5) is 4.39 Å². The highest BCUT2D eigenvalue weighted by Crippen LogP contribution is 2.34. The van der Waals surface area contributed by atoms with E-state index in [0.29, 0.717) is 24.6 Å². The van der Waals surface area contributed by atoms with Gasteiger partial charge in [-0.05, 0) is 86.4 Å². The predicted octanol–water partition coefficient (Wildman–Crippen LogP) is 6.45. The first-order chi connectivity index (χ1) is 15.9. The van der Waals surface area contributed by atoms with Crippen molar-refractivity contribution in [2.45, 2.75) is 40.0 Å². The molecule has 2 aromatic carbocycles. The Morgan fingerprint density at radius 2 is 1.97 bits per heavy atom. The lowest BCUT2D eigenvalue weighted by molar-refractivity contribution is 0.0745. The molecule has 4 aromatic rings. The number of aryl methyl sites for hydroxylation is 3. The van der Waals surface area contributed by atoms with Gasteiger partial charge in [-0.3, -0.25) is 4.79 Å². The van der Waals surface area contributed by atoms with Crippen LogP contribution in [0.1, 0.15) is 45.0 Å². The van der Waals surface area contributed by atoms with Gasteiger partial charge >= 0.3 is 0 Å². The molecule has 1 aliphatic carbocycles. The van der Waals surface area contributed by atoms with E-state index in [4.69, 9.17) is 0 Å². The molecule has 6 heteroatoms. The van der Waals surface area contributed by atoms with E-state index >= 15 is 0 Å². The van der Waals surface area contributed by atoms with Gasteiger partial charge in [-0.15, -0.1) is 11.3 Å². The van der Waals surface area contributed by atoms with E-state index in [1.807, 2.05) is 24.1 Å². The highest BCUT2D eigenvalue weighted by atomic mass is 32.1. The second-order valence-electron chi connectivity index (χ2n) is 9.16. The summed E-state index contributed by atoms with van der Waals surface area (Å²) in [6.45, 7) is 7.53. The van der Waals surface area contributed by atoms with Crippen molar-refractivity contribution in [1.29, 1.82) is 0 Å². The number of nitrogens with one attached hydrogen (secondary N) is 1. The number of amides is 1. The molecule has 0 saturated heterocycles. The fourth-order valence-corrected chi connectivity index (χ4v) is 5.22. The summed E-state index contributed by atoms with van der Waals surface area (Å²) in [6.07, 6.45) is 5.00. The van der Waals surface area contributed by atoms with E-state index in [0.717, 1.165) is 38.5 Å². The Morgan fingerprint density at radius 1 is 1.15 bits per heavy atom. The van der Waals surface area contributed by atoms with Crippen LogP contribution in [0.3, 0.4) is 0 Å². The van der Waals surface area contributed by atoms with E-state index in [9.17, 15) is 9.18 Å². The largest absolute Gasteiger partial charge is 0.361 e. The summed E-state index contributed by atoms with van der Waals surface area (Å²) in [5.74, 6) is 0.334. The molecule has 1 N–H and O–H groups in total. The standard InChI is InChI=1S/C27H28FN3OS/c1-16-4-7-20(12-17(16)2)26-25(30-18(3)33-26)27(32)31(15-19-5-6-19)11-10-21-14-29-24-13-22(28)8-9-23(21)24/h4,7-9,12-14,19,29H,5-6,10-11,15H2,1-3H3. The summed E-state index contributed by atoms with van der Waals surface area (Å²) in [6, 6.07) is 11.2. The first-order valence-electron chi connectivity index (χ1n) is 11.5. The van der Waals surface area contributed by atoms with Gasteiger partial charge in [0.25, 0.3) is 5.91 Å². The van der Waals surface area contributed by atoms with Gasteiger partial charge in [0, 0.05) is 30.2 Å². The average Bonchev–Trinajstić information content (AvgIpc) is 3.40. The number of hydrogen-bond acceptors (Lipinski definition) is 3. The number of fused-ring (bicyclic) bond motifs is 1. The molecule has 0 bridgehead atoms. The minimum absolute atomic E-state index is 0.00497. The lowest BCUT2D eigenvalue weighted by atomic mass is 10.0. The van der Waals surface area contributed by atoms with Crippen molar-refractivity contribution in [1.82, 2.24) is 14.9 Å². The Balaban J connectivity index is 1.42. The fourth-order valence-electron chi connectivity index (χ4n) is 4.31. The normalized spacial score (nSPS) is 13.6.